The molecule has 2 fully saturated rings. The van der Waals surface area contributed by atoms with Crippen molar-refractivity contribution in [2.75, 3.05) is 40.5 Å². The van der Waals surface area contributed by atoms with Gasteiger partial charge in [-0.1, -0.05) is 86.6 Å². The van der Waals surface area contributed by atoms with Crippen molar-refractivity contribution >= 4 is 56.6 Å². The Bertz CT molecular complexity index is 2870. The number of aromatic amines is 2. The van der Waals surface area contributed by atoms with E-state index in [1.165, 1.54) is 14.2 Å². The lowest BCUT2D eigenvalue weighted by Crippen LogP contribution is -2.54. The van der Waals surface area contributed by atoms with Crippen LogP contribution in [0.4, 0.5) is 9.59 Å². The summed E-state index contributed by atoms with van der Waals surface area (Å²) in [6.07, 6.45) is 2.05. The zero-order valence-corrected chi connectivity index (χ0v) is 36.1. The summed E-state index contributed by atoms with van der Waals surface area (Å²) >= 11 is 0. The van der Waals surface area contributed by atoms with E-state index < -0.39 is 30.3 Å². The van der Waals surface area contributed by atoms with E-state index in [0.29, 0.717) is 36.9 Å². The molecule has 0 radical (unpaired) electrons. The number of hydrogen-bond acceptors (Lipinski definition) is 9. The zero-order chi connectivity index (χ0) is 44.5. The van der Waals surface area contributed by atoms with Crippen LogP contribution in [0, 0.1) is 5.92 Å². The van der Waals surface area contributed by atoms with Gasteiger partial charge >= 0.3 is 12.2 Å². The molecule has 4 atom stereocenters. The molecule has 2 aliphatic heterocycles. The SMILES string of the molecule is COC(=O)N[C@H](C(=O)N1CCOC[C@H]1c1nc2c(ccc3cc(-c4ccc5cc(-c6cnc([C@@H]7CCCN7C(=O)[C@H](NC(=O)OC)c7ccccc7)[nH]6)ccc5c4)ccc32)[nH]1)C(C)C. The minimum atomic E-state index is -0.888. The van der Waals surface area contributed by atoms with Gasteiger partial charge in [0.1, 0.15) is 29.8 Å². The number of likely N-dealkylation sites (tertiary alicyclic amines) is 1. The van der Waals surface area contributed by atoms with Crippen molar-refractivity contribution < 1.29 is 33.4 Å². The van der Waals surface area contributed by atoms with Crippen LogP contribution in [-0.4, -0.2) is 100 Å². The lowest BCUT2D eigenvalue weighted by Gasteiger charge is -2.37. The minimum Gasteiger partial charge on any atom is -0.453 e. The Labute approximate surface area is 369 Å². The number of carbonyl (C=O) groups excluding carboxylic acids is 4. The number of H-pyrrole nitrogens is 2. The predicted octanol–water partition coefficient (Wildman–Crippen LogP) is 7.97. The maximum absolute atomic E-state index is 14.0. The van der Waals surface area contributed by atoms with Gasteiger partial charge in [-0.05, 0) is 75.9 Å². The minimum absolute atomic E-state index is 0.158. The Hall–Kier alpha value is -7.26. The average Bonchev–Trinajstić information content (AvgIpc) is 4.12. The third-order valence-corrected chi connectivity index (χ3v) is 12.4. The Morgan fingerprint density at radius 2 is 1.41 bits per heavy atom. The average molecular weight is 863 g/mol. The fraction of sp³-hybridized carbons (Fsp3) is 0.306. The molecule has 0 saturated carbocycles. The van der Waals surface area contributed by atoms with Gasteiger partial charge in [-0.15, -0.1) is 0 Å². The molecule has 7 aromatic rings. The Balaban J connectivity index is 0.929. The number of ether oxygens (including phenoxy) is 3. The van der Waals surface area contributed by atoms with Crippen molar-refractivity contribution in [3.8, 4) is 22.4 Å². The predicted molar refractivity (Wildman–Crippen MR) is 242 cm³/mol. The van der Waals surface area contributed by atoms with Crippen LogP contribution < -0.4 is 10.6 Å². The summed E-state index contributed by atoms with van der Waals surface area (Å²) in [5.74, 6) is 0.740. The molecule has 4 amide bonds. The number of benzene rings is 5. The van der Waals surface area contributed by atoms with E-state index in [2.05, 4.69) is 81.3 Å². The highest BCUT2D eigenvalue weighted by Crippen LogP contribution is 2.36. The van der Waals surface area contributed by atoms with Gasteiger partial charge in [0.05, 0.1) is 56.4 Å². The van der Waals surface area contributed by atoms with Gasteiger partial charge in [-0.25, -0.2) is 19.6 Å². The summed E-state index contributed by atoms with van der Waals surface area (Å²) in [6, 6.07) is 30.0. The molecule has 64 heavy (non-hydrogen) atoms. The van der Waals surface area contributed by atoms with Crippen LogP contribution >= 0.6 is 0 Å². The topological polar surface area (TPSA) is 184 Å². The summed E-state index contributed by atoms with van der Waals surface area (Å²) in [5.41, 5.74) is 6.29. The number of morpholine rings is 1. The van der Waals surface area contributed by atoms with Gasteiger partial charge in [0, 0.05) is 24.0 Å². The summed E-state index contributed by atoms with van der Waals surface area (Å²) in [6.45, 7) is 5.35. The van der Waals surface area contributed by atoms with Crippen molar-refractivity contribution in [2.24, 2.45) is 5.92 Å². The fourth-order valence-electron chi connectivity index (χ4n) is 8.97. The van der Waals surface area contributed by atoms with Crippen LogP contribution in [0.25, 0.3) is 55.0 Å². The second-order valence-corrected chi connectivity index (χ2v) is 16.6. The lowest BCUT2D eigenvalue weighted by molar-refractivity contribution is -0.143. The second-order valence-electron chi connectivity index (χ2n) is 16.6. The summed E-state index contributed by atoms with van der Waals surface area (Å²) in [5, 5.41) is 9.59. The number of hydrogen-bond donors (Lipinski definition) is 4. The first-order chi connectivity index (χ1) is 31.1. The fourth-order valence-corrected chi connectivity index (χ4v) is 8.97. The van der Waals surface area contributed by atoms with Crippen molar-refractivity contribution in [2.45, 2.75) is 50.9 Å². The van der Waals surface area contributed by atoms with Gasteiger partial charge in [-0.3, -0.25) is 9.59 Å². The zero-order valence-electron chi connectivity index (χ0n) is 36.1. The molecular weight excluding hydrogens is 813 g/mol. The number of nitrogens with one attached hydrogen (secondary N) is 4. The monoisotopic (exact) mass is 862 g/mol. The van der Waals surface area contributed by atoms with Crippen LogP contribution in [0.1, 0.15) is 62.0 Å². The number of carbonyl (C=O) groups is 4. The van der Waals surface area contributed by atoms with Crippen LogP contribution in [0.3, 0.4) is 0 Å². The van der Waals surface area contributed by atoms with Crippen LogP contribution in [0.15, 0.2) is 103 Å². The van der Waals surface area contributed by atoms with E-state index in [1.54, 1.807) is 9.80 Å². The molecule has 15 heteroatoms. The molecule has 15 nitrogen and oxygen atoms in total. The quantitative estimate of drug-likeness (QED) is 0.106. The van der Waals surface area contributed by atoms with Crippen LogP contribution in [-0.2, 0) is 23.8 Å². The van der Waals surface area contributed by atoms with E-state index in [1.807, 2.05) is 56.4 Å². The van der Waals surface area contributed by atoms with Crippen molar-refractivity contribution in [1.82, 2.24) is 40.4 Å². The molecule has 9 rings (SSSR count). The Morgan fingerprint density at radius 3 is 2.16 bits per heavy atom. The summed E-state index contributed by atoms with van der Waals surface area (Å²) < 4.78 is 15.5. The van der Waals surface area contributed by atoms with Gasteiger partial charge in [0.25, 0.3) is 5.91 Å². The number of methoxy groups -OCH3 is 2. The molecule has 0 spiro atoms. The standard InChI is InChI=1S/C49H50N8O7/c1-28(2)41(54-48(60)62-3)46(58)57-21-22-64-27-40(57)45-51-37-19-17-34-24-33(16-18-36(34)43(37)53-45)30-12-13-32-25-35(15-14-31(32)23-30)38-26-50-44(52-38)39-11-8-20-56(39)47(59)42(55-49(61)63-4)29-9-6-5-7-10-29/h5-7,9-10,12-19,23-26,28,39-42H,8,11,20-22,27H2,1-4H3,(H,50,52)(H,51,53)(H,54,60)(H,55,61)/t39-,40-,41-,42+/m0/s1. The molecule has 0 aliphatic carbocycles. The second kappa shape index (κ2) is 17.8. The van der Waals surface area contributed by atoms with E-state index in [4.69, 9.17) is 24.2 Å². The molecule has 0 bridgehead atoms. The molecule has 2 saturated heterocycles. The van der Waals surface area contributed by atoms with Gasteiger partial charge < -0.3 is 44.6 Å². The summed E-state index contributed by atoms with van der Waals surface area (Å²) in [4.78, 5) is 72.4. The summed E-state index contributed by atoms with van der Waals surface area (Å²) in [7, 11) is 2.56. The number of fused-ring (bicyclic) bond motifs is 4. The van der Waals surface area contributed by atoms with Crippen LogP contribution in [0.5, 0.6) is 0 Å². The first-order valence-corrected chi connectivity index (χ1v) is 21.5. The number of nitrogens with zero attached hydrogens (tertiary/aromatic N) is 4. The van der Waals surface area contributed by atoms with E-state index in [0.717, 1.165) is 67.8 Å². The number of alkyl carbamates (subject to hydrolysis) is 2. The van der Waals surface area contributed by atoms with E-state index >= 15 is 0 Å². The number of rotatable bonds is 10. The highest BCUT2D eigenvalue weighted by molar-refractivity contribution is 6.06. The molecule has 0 unspecified atom stereocenters. The highest BCUT2D eigenvalue weighted by atomic mass is 16.5. The largest absolute Gasteiger partial charge is 0.453 e. The number of imidazole rings is 2. The van der Waals surface area contributed by atoms with E-state index in [-0.39, 0.29) is 30.4 Å². The molecule has 328 valence electrons. The molecule has 2 aromatic heterocycles. The molecular formula is C49H50N8O7. The molecule has 5 aromatic carbocycles. The maximum atomic E-state index is 14.0. The molecule has 2 aliphatic rings. The Morgan fingerprint density at radius 1 is 0.734 bits per heavy atom. The molecule has 4 heterocycles. The highest BCUT2D eigenvalue weighted by Gasteiger charge is 2.38. The van der Waals surface area contributed by atoms with Gasteiger partial charge in [-0.2, -0.15) is 0 Å². The van der Waals surface area contributed by atoms with Crippen molar-refractivity contribution in [3.63, 3.8) is 0 Å². The maximum Gasteiger partial charge on any atom is 0.407 e. The van der Waals surface area contributed by atoms with E-state index in [9.17, 15) is 19.2 Å². The lowest BCUT2D eigenvalue weighted by atomic mass is 9.97. The normalized spacial score (nSPS) is 17.5. The van der Waals surface area contributed by atoms with Crippen molar-refractivity contribution in [1.29, 1.82) is 0 Å². The number of amides is 4. The third-order valence-electron chi connectivity index (χ3n) is 12.4. The first kappa shape index (κ1) is 42.1. The van der Waals surface area contributed by atoms with Crippen LogP contribution in [0.2, 0.25) is 0 Å². The first-order valence-electron chi connectivity index (χ1n) is 21.5. The van der Waals surface area contributed by atoms with Gasteiger partial charge in [0.15, 0.2) is 0 Å². The van der Waals surface area contributed by atoms with Crippen molar-refractivity contribution in [3.05, 3.63) is 120 Å². The number of aromatic nitrogens is 4. The third kappa shape index (κ3) is 8.21. The smallest absolute Gasteiger partial charge is 0.407 e. The molecule has 4 N–H and O–H groups in total. The van der Waals surface area contributed by atoms with Gasteiger partial charge in [0.2, 0.25) is 5.91 Å². The Kier molecular flexibility index (Phi) is 11.7.